The number of fused-ring (bicyclic) bond motifs is 1. The van der Waals surface area contributed by atoms with Gasteiger partial charge in [0.25, 0.3) is 0 Å². The van der Waals surface area contributed by atoms with Crippen LogP contribution < -0.4 is 10.1 Å². The number of para-hydroxylation sites is 1. The summed E-state index contributed by atoms with van der Waals surface area (Å²) in [6, 6.07) is 11.8. The first-order valence-electron chi connectivity index (χ1n) is 7.77. The Labute approximate surface area is 144 Å². The van der Waals surface area contributed by atoms with Crippen LogP contribution >= 0.6 is 11.3 Å². The van der Waals surface area contributed by atoms with E-state index in [0.29, 0.717) is 13.2 Å². The van der Waals surface area contributed by atoms with Gasteiger partial charge in [0.2, 0.25) is 5.91 Å². The molecule has 1 amide bonds. The van der Waals surface area contributed by atoms with Gasteiger partial charge in [-0.2, -0.15) is 11.3 Å². The van der Waals surface area contributed by atoms with Crippen LogP contribution in [0.4, 0.5) is 0 Å². The molecule has 0 saturated carbocycles. The zero-order chi connectivity index (χ0) is 16.6. The molecular formula is C19H18N2O2S. The van der Waals surface area contributed by atoms with Gasteiger partial charge in [-0.05, 0) is 47.0 Å². The molecule has 0 atom stereocenters. The van der Waals surface area contributed by atoms with Gasteiger partial charge < -0.3 is 10.1 Å². The van der Waals surface area contributed by atoms with Crippen LogP contribution in [-0.4, -0.2) is 24.0 Å². The lowest BCUT2D eigenvalue weighted by Gasteiger charge is -2.08. The number of aromatic nitrogens is 1. The molecule has 0 saturated heterocycles. The Morgan fingerprint density at radius 2 is 2.17 bits per heavy atom. The molecule has 122 valence electrons. The Balaban J connectivity index is 1.41. The van der Waals surface area contributed by atoms with E-state index < -0.39 is 0 Å². The van der Waals surface area contributed by atoms with E-state index in [2.05, 4.69) is 10.3 Å². The van der Waals surface area contributed by atoms with Crippen LogP contribution in [0.2, 0.25) is 0 Å². The van der Waals surface area contributed by atoms with Gasteiger partial charge in [-0.3, -0.25) is 9.78 Å². The smallest absolute Gasteiger partial charge is 0.244 e. The number of rotatable bonds is 7. The fraction of sp³-hybridized carbons (Fsp3) is 0.158. The topological polar surface area (TPSA) is 51.2 Å². The van der Waals surface area contributed by atoms with Crippen LogP contribution in [0.25, 0.3) is 17.0 Å². The normalized spacial score (nSPS) is 11.0. The molecule has 4 nitrogen and oxygen atoms in total. The van der Waals surface area contributed by atoms with Gasteiger partial charge in [0, 0.05) is 24.2 Å². The first-order valence-corrected chi connectivity index (χ1v) is 8.72. The van der Waals surface area contributed by atoms with Crippen molar-refractivity contribution in [2.45, 2.75) is 6.42 Å². The van der Waals surface area contributed by atoms with Crippen molar-refractivity contribution in [3.8, 4) is 5.75 Å². The minimum atomic E-state index is -0.0898. The predicted octanol–water partition coefficient (Wildman–Crippen LogP) is 3.89. The summed E-state index contributed by atoms with van der Waals surface area (Å²) in [4.78, 5) is 16.1. The highest BCUT2D eigenvalue weighted by molar-refractivity contribution is 7.08. The highest BCUT2D eigenvalue weighted by Crippen LogP contribution is 2.22. The average molecular weight is 338 g/mol. The SMILES string of the molecule is O=C(/C=C/c1ccsc1)NCCCOc1cccc2cccnc12. The highest BCUT2D eigenvalue weighted by Gasteiger charge is 2.02. The third-order valence-corrected chi connectivity index (χ3v) is 4.15. The van der Waals surface area contributed by atoms with Crippen molar-refractivity contribution in [2.24, 2.45) is 0 Å². The van der Waals surface area contributed by atoms with Crippen molar-refractivity contribution >= 4 is 34.2 Å². The minimum absolute atomic E-state index is 0.0898. The monoisotopic (exact) mass is 338 g/mol. The van der Waals surface area contributed by atoms with Crippen LogP contribution in [0, 0.1) is 0 Å². The van der Waals surface area contributed by atoms with E-state index in [4.69, 9.17) is 4.74 Å². The average Bonchev–Trinajstić information content (AvgIpc) is 3.13. The number of amides is 1. The second-order valence-corrected chi connectivity index (χ2v) is 5.99. The fourth-order valence-corrected chi connectivity index (χ4v) is 2.89. The lowest BCUT2D eigenvalue weighted by Crippen LogP contribution is -2.23. The van der Waals surface area contributed by atoms with E-state index in [-0.39, 0.29) is 5.91 Å². The van der Waals surface area contributed by atoms with E-state index in [1.807, 2.05) is 53.2 Å². The quantitative estimate of drug-likeness (QED) is 0.525. The zero-order valence-corrected chi connectivity index (χ0v) is 14.0. The molecule has 0 fully saturated rings. The summed E-state index contributed by atoms with van der Waals surface area (Å²) in [5, 5.41) is 7.89. The maximum Gasteiger partial charge on any atom is 0.244 e. The molecule has 3 aromatic rings. The van der Waals surface area contributed by atoms with E-state index in [1.165, 1.54) is 0 Å². The summed E-state index contributed by atoms with van der Waals surface area (Å²) in [6.45, 7) is 1.11. The summed E-state index contributed by atoms with van der Waals surface area (Å²) >= 11 is 1.61. The first-order chi connectivity index (χ1) is 11.8. The molecule has 3 rings (SSSR count). The highest BCUT2D eigenvalue weighted by atomic mass is 32.1. The van der Waals surface area contributed by atoms with E-state index in [1.54, 1.807) is 23.6 Å². The number of hydrogen-bond donors (Lipinski definition) is 1. The molecule has 24 heavy (non-hydrogen) atoms. The van der Waals surface area contributed by atoms with Gasteiger partial charge >= 0.3 is 0 Å². The number of carbonyl (C=O) groups excluding carboxylic acids is 1. The van der Waals surface area contributed by atoms with Gasteiger partial charge in [0.15, 0.2) is 0 Å². The standard InChI is InChI=1S/C19H18N2O2S/c22-18(8-7-15-9-13-24-14-15)20-11-3-12-23-17-6-1-4-16-5-2-10-21-19(16)17/h1-2,4-10,13-14H,3,11-12H2,(H,20,22)/b8-7+. The van der Waals surface area contributed by atoms with Crippen LogP contribution in [0.5, 0.6) is 5.75 Å². The van der Waals surface area contributed by atoms with Crippen molar-refractivity contribution in [2.75, 3.05) is 13.2 Å². The lowest BCUT2D eigenvalue weighted by atomic mass is 10.2. The van der Waals surface area contributed by atoms with Gasteiger partial charge in [-0.1, -0.05) is 18.2 Å². The molecule has 1 aromatic carbocycles. The Kier molecular flexibility index (Phi) is 5.58. The molecule has 0 aliphatic carbocycles. The molecule has 0 unspecified atom stereocenters. The number of pyridine rings is 1. The van der Waals surface area contributed by atoms with Gasteiger partial charge in [0.05, 0.1) is 6.61 Å². The van der Waals surface area contributed by atoms with E-state index in [9.17, 15) is 4.79 Å². The van der Waals surface area contributed by atoms with Crippen molar-refractivity contribution in [3.05, 3.63) is 65.0 Å². The molecule has 1 N–H and O–H groups in total. The summed E-state index contributed by atoms with van der Waals surface area (Å²) < 4.78 is 5.79. The number of benzene rings is 1. The molecule has 0 bridgehead atoms. The number of nitrogens with one attached hydrogen (secondary N) is 1. The zero-order valence-electron chi connectivity index (χ0n) is 13.1. The van der Waals surface area contributed by atoms with Crippen molar-refractivity contribution in [1.82, 2.24) is 10.3 Å². The third kappa shape index (κ3) is 4.43. The third-order valence-electron chi connectivity index (χ3n) is 3.44. The lowest BCUT2D eigenvalue weighted by molar-refractivity contribution is -0.116. The number of thiophene rings is 1. The van der Waals surface area contributed by atoms with Crippen LogP contribution in [0.3, 0.4) is 0 Å². The number of carbonyl (C=O) groups is 1. The first kappa shape index (κ1) is 16.2. The molecule has 0 aliphatic rings. The van der Waals surface area contributed by atoms with Crippen molar-refractivity contribution in [3.63, 3.8) is 0 Å². The molecule has 0 radical (unpaired) electrons. The summed E-state index contributed by atoms with van der Waals surface area (Å²) in [6.07, 6.45) is 5.86. The Morgan fingerprint density at radius 3 is 3.04 bits per heavy atom. The summed E-state index contributed by atoms with van der Waals surface area (Å²) in [5.41, 5.74) is 1.91. The molecule has 5 heteroatoms. The van der Waals surface area contributed by atoms with E-state index in [0.717, 1.165) is 28.6 Å². The maximum atomic E-state index is 11.7. The number of nitrogens with zero attached hydrogens (tertiary/aromatic N) is 1. The summed E-state index contributed by atoms with van der Waals surface area (Å²) in [7, 11) is 0. The molecule has 2 heterocycles. The van der Waals surface area contributed by atoms with E-state index >= 15 is 0 Å². The van der Waals surface area contributed by atoms with Gasteiger partial charge in [-0.15, -0.1) is 0 Å². The van der Waals surface area contributed by atoms with Crippen molar-refractivity contribution < 1.29 is 9.53 Å². The second-order valence-electron chi connectivity index (χ2n) is 5.21. The Morgan fingerprint density at radius 1 is 1.25 bits per heavy atom. The number of ether oxygens (including phenoxy) is 1. The second kappa shape index (κ2) is 8.26. The fourth-order valence-electron chi connectivity index (χ4n) is 2.26. The Bertz CT molecular complexity index is 823. The summed E-state index contributed by atoms with van der Waals surface area (Å²) in [5.74, 6) is 0.685. The molecule has 0 aliphatic heterocycles. The number of hydrogen-bond acceptors (Lipinski definition) is 4. The van der Waals surface area contributed by atoms with Crippen molar-refractivity contribution in [1.29, 1.82) is 0 Å². The van der Waals surface area contributed by atoms with Crippen LogP contribution in [0.15, 0.2) is 59.4 Å². The van der Waals surface area contributed by atoms with Gasteiger partial charge in [0.1, 0.15) is 11.3 Å². The predicted molar refractivity (Wildman–Crippen MR) is 98.2 cm³/mol. The van der Waals surface area contributed by atoms with Crippen LogP contribution in [0.1, 0.15) is 12.0 Å². The minimum Gasteiger partial charge on any atom is -0.491 e. The maximum absolute atomic E-state index is 11.7. The Hall–Kier alpha value is -2.66. The van der Waals surface area contributed by atoms with Gasteiger partial charge in [-0.25, -0.2) is 0 Å². The van der Waals surface area contributed by atoms with Crippen LogP contribution in [-0.2, 0) is 4.79 Å². The molecule has 2 aromatic heterocycles. The molecular weight excluding hydrogens is 320 g/mol. The molecule has 0 spiro atoms. The largest absolute Gasteiger partial charge is 0.491 e.